The maximum atomic E-state index is 13.7. The first-order valence-electron chi connectivity index (χ1n) is 9.40. The van der Waals surface area contributed by atoms with Crippen LogP contribution in [0.1, 0.15) is 34.6 Å². The van der Waals surface area contributed by atoms with Crippen molar-refractivity contribution in [2.45, 2.75) is 24.7 Å². The Kier molecular flexibility index (Phi) is 5.68. The van der Waals surface area contributed by atoms with Crippen molar-refractivity contribution in [3.63, 3.8) is 0 Å². The number of hydrogen-bond acceptors (Lipinski definition) is 6. The Morgan fingerprint density at radius 3 is 2.69 bits per heavy atom. The van der Waals surface area contributed by atoms with Gasteiger partial charge in [-0.3, -0.25) is 4.79 Å². The number of ether oxygens (including phenoxy) is 2. The SMILES string of the molecule is COc1cc(NC(=O)c2cnn3c2NC(c2ccco2)CC3C(F)(F)F)c(OC)cc1Cl. The van der Waals surface area contributed by atoms with E-state index < -0.39 is 24.2 Å². The van der Waals surface area contributed by atoms with E-state index in [1.54, 1.807) is 12.1 Å². The third-order valence-corrected chi connectivity index (χ3v) is 5.39. The van der Waals surface area contributed by atoms with Crippen LogP contribution in [0.4, 0.5) is 24.7 Å². The second-order valence-corrected chi connectivity index (χ2v) is 7.41. The fourth-order valence-corrected chi connectivity index (χ4v) is 3.78. The van der Waals surface area contributed by atoms with Gasteiger partial charge >= 0.3 is 6.18 Å². The average molecular weight is 471 g/mol. The van der Waals surface area contributed by atoms with Gasteiger partial charge in [0, 0.05) is 18.6 Å². The number of carbonyl (C=O) groups is 1. The van der Waals surface area contributed by atoms with Crippen LogP contribution in [0.25, 0.3) is 0 Å². The molecule has 0 aliphatic carbocycles. The highest BCUT2D eigenvalue weighted by Gasteiger charge is 2.47. The maximum absolute atomic E-state index is 13.7. The number of halogens is 4. The van der Waals surface area contributed by atoms with Crippen molar-refractivity contribution in [1.29, 1.82) is 0 Å². The van der Waals surface area contributed by atoms with Gasteiger partial charge in [0.15, 0.2) is 6.04 Å². The quantitative estimate of drug-likeness (QED) is 0.541. The van der Waals surface area contributed by atoms with Gasteiger partial charge in [-0.15, -0.1) is 0 Å². The summed E-state index contributed by atoms with van der Waals surface area (Å²) >= 11 is 6.08. The summed E-state index contributed by atoms with van der Waals surface area (Å²) in [6, 6.07) is 3.33. The number of nitrogens with one attached hydrogen (secondary N) is 2. The number of aromatic nitrogens is 2. The van der Waals surface area contributed by atoms with Crippen LogP contribution in [0, 0.1) is 0 Å². The van der Waals surface area contributed by atoms with Crippen LogP contribution in [0.2, 0.25) is 5.02 Å². The first kappa shape index (κ1) is 21.9. The van der Waals surface area contributed by atoms with Gasteiger partial charge in [-0.05, 0) is 12.1 Å². The normalized spacial score (nSPS) is 17.9. The van der Waals surface area contributed by atoms with Crippen LogP contribution >= 0.6 is 11.6 Å². The van der Waals surface area contributed by atoms with Gasteiger partial charge in [0.05, 0.1) is 43.4 Å². The molecule has 2 atom stereocenters. The van der Waals surface area contributed by atoms with Crippen molar-refractivity contribution in [2.75, 3.05) is 24.9 Å². The first-order valence-corrected chi connectivity index (χ1v) is 9.77. The molecule has 2 N–H and O–H groups in total. The molecule has 0 bridgehead atoms. The number of rotatable bonds is 5. The van der Waals surface area contributed by atoms with Crippen LogP contribution < -0.4 is 20.1 Å². The molecule has 0 saturated carbocycles. The third kappa shape index (κ3) is 3.95. The largest absolute Gasteiger partial charge is 0.495 e. The van der Waals surface area contributed by atoms with E-state index in [-0.39, 0.29) is 40.0 Å². The third-order valence-electron chi connectivity index (χ3n) is 5.09. The van der Waals surface area contributed by atoms with E-state index >= 15 is 0 Å². The van der Waals surface area contributed by atoms with Crippen LogP contribution in [0.3, 0.4) is 0 Å². The molecule has 32 heavy (non-hydrogen) atoms. The lowest BCUT2D eigenvalue weighted by Gasteiger charge is -2.32. The van der Waals surface area contributed by atoms with E-state index in [0.29, 0.717) is 5.76 Å². The predicted molar refractivity (Wildman–Crippen MR) is 110 cm³/mol. The number of carbonyl (C=O) groups excluding carboxylic acids is 1. The average Bonchev–Trinajstić information content (AvgIpc) is 3.43. The van der Waals surface area contributed by atoms with Crippen molar-refractivity contribution < 1.29 is 31.9 Å². The van der Waals surface area contributed by atoms with E-state index in [0.717, 1.165) is 10.9 Å². The van der Waals surface area contributed by atoms with Crippen LogP contribution in [-0.2, 0) is 0 Å². The number of alkyl halides is 3. The zero-order valence-corrected chi connectivity index (χ0v) is 17.6. The number of methoxy groups -OCH3 is 2. The molecule has 0 saturated heterocycles. The molecule has 1 amide bonds. The monoisotopic (exact) mass is 470 g/mol. The summed E-state index contributed by atoms with van der Waals surface area (Å²) in [6.07, 6.45) is -2.46. The number of nitrogens with zero attached hydrogens (tertiary/aromatic N) is 2. The number of anilines is 2. The summed E-state index contributed by atoms with van der Waals surface area (Å²) in [6.45, 7) is 0. The molecule has 12 heteroatoms. The molecule has 0 spiro atoms. The summed E-state index contributed by atoms with van der Waals surface area (Å²) in [5.41, 5.74) is 0.149. The van der Waals surface area contributed by atoms with Crippen molar-refractivity contribution in [3.8, 4) is 11.5 Å². The molecule has 2 unspecified atom stereocenters. The second kappa shape index (κ2) is 8.30. The summed E-state index contributed by atoms with van der Waals surface area (Å²) in [4.78, 5) is 13.0. The fraction of sp³-hybridized carbons (Fsp3) is 0.300. The fourth-order valence-electron chi connectivity index (χ4n) is 3.55. The Balaban J connectivity index is 1.70. The van der Waals surface area contributed by atoms with Crippen LogP contribution in [0.15, 0.2) is 41.1 Å². The minimum Gasteiger partial charge on any atom is -0.495 e. The van der Waals surface area contributed by atoms with Gasteiger partial charge in [-0.25, -0.2) is 4.68 Å². The minimum atomic E-state index is -4.58. The Morgan fingerprint density at radius 2 is 2.06 bits per heavy atom. The minimum absolute atomic E-state index is 0.0719. The summed E-state index contributed by atoms with van der Waals surface area (Å²) < 4.78 is 57.7. The number of hydrogen-bond donors (Lipinski definition) is 2. The number of benzene rings is 1. The van der Waals surface area contributed by atoms with E-state index in [4.69, 9.17) is 25.5 Å². The van der Waals surface area contributed by atoms with E-state index in [1.165, 1.54) is 32.6 Å². The summed E-state index contributed by atoms with van der Waals surface area (Å²) in [5.74, 6) is 0.0923. The number of amides is 1. The lowest BCUT2D eigenvalue weighted by atomic mass is 10.0. The molecule has 0 fully saturated rings. The number of fused-ring (bicyclic) bond motifs is 1. The predicted octanol–water partition coefficient (Wildman–Crippen LogP) is 5.06. The zero-order chi connectivity index (χ0) is 23.0. The van der Waals surface area contributed by atoms with Gasteiger partial charge in [0.1, 0.15) is 28.6 Å². The first-order chi connectivity index (χ1) is 15.2. The van der Waals surface area contributed by atoms with E-state index in [9.17, 15) is 18.0 Å². The van der Waals surface area contributed by atoms with E-state index in [2.05, 4.69) is 15.7 Å². The highest BCUT2D eigenvalue weighted by atomic mass is 35.5. The standard InChI is InChI=1S/C20H18ClF3N4O4/c1-30-15-7-12(16(31-2)6-11(15)21)27-19(29)10-9-25-28-17(20(22,23)24)8-13(26-18(10)28)14-4-3-5-32-14/h3-7,9,13,17,26H,8H2,1-2H3,(H,27,29). The highest BCUT2D eigenvalue weighted by Crippen LogP contribution is 2.44. The maximum Gasteiger partial charge on any atom is 0.410 e. The molecule has 8 nitrogen and oxygen atoms in total. The van der Waals surface area contributed by atoms with Gasteiger partial charge in [-0.1, -0.05) is 11.6 Å². The smallest absolute Gasteiger partial charge is 0.410 e. The van der Waals surface area contributed by atoms with Gasteiger partial charge < -0.3 is 24.5 Å². The van der Waals surface area contributed by atoms with Crippen molar-refractivity contribution in [1.82, 2.24) is 9.78 Å². The van der Waals surface area contributed by atoms with Crippen molar-refractivity contribution in [3.05, 3.63) is 53.1 Å². The topological polar surface area (TPSA) is 90.5 Å². The van der Waals surface area contributed by atoms with Crippen molar-refractivity contribution >= 4 is 29.0 Å². The Hall–Kier alpha value is -3.34. The molecule has 3 heterocycles. The molecule has 170 valence electrons. The lowest BCUT2D eigenvalue weighted by molar-refractivity contribution is -0.174. The molecule has 1 aliphatic rings. The molecular weight excluding hydrogens is 453 g/mol. The Morgan fingerprint density at radius 1 is 1.31 bits per heavy atom. The van der Waals surface area contributed by atoms with Crippen LogP contribution in [0.5, 0.6) is 11.5 Å². The van der Waals surface area contributed by atoms with Gasteiger partial charge in [0.25, 0.3) is 5.91 Å². The molecule has 1 aromatic carbocycles. The second-order valence-electron chi connectivity index (χ2n) is 7.00. The summed E-state index contributed by atoms with van der Waals surface area (Å²) in [5, 5.41) is 9.67. The lowest BCUT2D eigenvalue weighted by Crippen LogP contribution is -2.36. The number of furan rings is 1. The molecule has 2 aromatic heterocycles. The molecule has 4 rings (SSSR count). The van der Waals surface area contributed by atoms with Gasteiger partial charge in [0.2, 0.25) is 0 Å². The summed E-state index contributed by atoms with van der Waals surface area (Å²) in [7, 11) is 2.79. The zero-order valence-electron chi connectivity index (χ0n) is 16.9. The highest BCUT2D eigenvalue weighted by molar-refractivity contribution is 6.32. The Labute approximate surface area is 185 Å². The van der Waals surface area contributed by atoms with Crippen LogP contribution in [-0.4, -0.2) is 36.1 Å². The Bertz CT molecular complexity index is 1130. The molecule has 3 aromatic rings. The molecule has 1 aliphatic heterocycles. The van der Waals surface area contributed by atoms with E-state index in [1.807, 2.05) is 0 Å². The molecule has 0 radical (unpaired) electrons. The molecular formula is C20H18ClF3N4O4. The van der Waals surface area contributed by atoms with Gasteiger partial charge in [-0.2, -0.15) is 18.3 Å². The van der Waals surface area contributed by atoms with Crippen molar-refractivity contribution in [2.24, 2.45) is 0 Å².